The molecule has 0 aliphatic heterocycles. The van der Waals surface area contributed by atoms with E-state index in [0.717, 1.165) is 5.52 Å². The van der Waals surface area contributed by atoms with Crippen LogP contribution in [-0.2, 0) is 11.3 Å². The van der Waals surface area contributed by atoms with Crippen LogP contribution in [-0.4, -0.2) is 16.4 Å². The number of nitrogens with one attached hydrogen (secondary N) is 1. The average Bonchev–Trinajstić information content (AvgIpc) is 2.91. The molecule has 0 radical (unpaired) electrons. The van der Waals surface area contributed by atoms with Gasteiger partial charge in [0, 0.05) is 24.2 Å². The molecule has 0 atom stereocenters. The zero-order valence-electron chi connectivity index (χ0n) is 13.4. The molecular weight excluding hydrogens is 322 g/mol. The zero-order valence-corrected chi connectivity index (χ0v) is 13.4. The summed E-state index contributed by atoms with van der Waals surface area (Å²) in [5.74, 6) is -1.12. The van der Waals surface area contributed by atoms with Gasteiger partial charge in [0.1, 0.15) is 0 Å². The van der Waals surface area contributed by atoms with Crippen LogP contribution in [0.5, 0.6) is 0 Å². The third kappa shape index (κ3) is 3.77. The number of aryl methyl sites for hydroxylation is 1. The second-order valence-corrected chi connectivity index (χ2v) is 5.58. The van der Waals surface area contributed by atoms with Crippen molar-refractivity contribution >= 4 is 28.6 Å². The Balaban J connectivity index is 1.56. The van der Waals surface area contributed by atoms with Crippen LogP contribution < -0.4 is 16.8 Å². The van der Waals surface area contributed by atoms with Crippen molar-refractivity contribution in [3.8, 4) is 0 Å². The highest BCUT2D eigenvalue weighted by atomic mass is 16.4. The van der Waals surface area contributed by atoms with E-state index in [2.05, 4.69) is 5.32 Å². The molecule has 25 heavy (non-hydrogen) atoms. The van der Waals surface area contributed by atoms with Crippen LogP contribution in [0.1, 0.15) is 23.2 Å². The molecule has 0 aliphatic rings. The molecule has 3 aromatic rings. The number of amides is 2. The van der Waals surface area contributed by atoms with Crippen molar-refractivity contribution in [2.75, 3.05) is 5.32 Å². The van der Waals surface area contributed by atoms with Crippen molar-refractivity contribution < 1.29 is 14.0 Å². The van der Waals surface area contributed by atoms with Crippen LogP contribution in [0.3, 0.4) is 0 Å². The molecule has 1 aromatic heterocycles. The fraction of sp³-hybridized carbons (Fsp3) is 0.167. The maximum atomic E-state index is 12.0. The smallest absolute Gasteiger partial charge is 0.408 e. The molecule has 128 valence electrons. The molecule has 2 aromatic carbocycles. The van der Waals surface area contributed by atoms with Crippen molar-refractivity contribution in [1.29, 1.82) is 0 Å². The highest BCUT2D eigenvalue weighted by Gasteiger charge is 2.09. The molecule has 0 spiro atoms. The van der Waals surface area contributed by atoms with Gasteiger partial charge in [-0.25, -0.2) is 4.79 Å². The number of hydrogen-bond acceptors (Lipinski definition) is 4. The van der Waals surface area contributed by atoms with E-state index in [0.29, 0.717) is 29.8 Å². The molecule has 3 N–H and O–H groups in total. The Morgan fingerprint density at radius 2 is 1.80 bits per heavy atom. The molecule has 0 aliphatic carbocycles. The maximum Gasteiger partial charge on any atom is 0.419 e. The van der Waals surface area contributed by atoms with Crippen LogP contribution in [0, 0.1) is 0 Å². The van der Waals surface area contributed by atoms with E-state index >= 15 is 0 Å². The van der Waals surface area contributed by atoms with E-state index in [-0.39, 0.29) is 12.3 Å². The minimum atomic E-state index is -0.518. The molecule has 1 heterocycles. The Morgan fingerprint density at radius 3 is 2.52 bits per heavy atom. The lowest BCUT2D eigenvalue weighted by Crippen LogP contribution is -2.17. The normalized spacial score (nSPS) is 10.7. The molecule has 0 saturated heterocycles. The molecule has 7 nitrogen and oxygen atoms in total. The molecule has 0 unspecified atom stereocenters. The number of oxazole rings is 1. The quantitative estimate of drug-likeness (QED) is 0.717. The molecule has 0 bridgehead atoms. The Labute approximate surface area is 143 Å². The van der Waals surface area contributed by atoms with Gasteiger partial charge in [-0.2, -0.15) is 0 Å². The number of rotatable bonds is 6. The first-order valence-electron chi connectivity index (χ1n) is 7.83. The second kappa shape index (κ2) is 7.04. The largest absolute Gasteiger partial charge is 0.419 e. The number of benzene rings is 2. The summed E-state index contributed by atoms with van der Waals surface area (Å²) in [5, 5.41) is 2.74. The van der Waals surface area contributed by atoms with E-state index in [1.165, 1.54) is 4.57 Å². The van der Waals surface area contributed by atoms with Crippen molar-refractivity contribution in [2.24, 2.45) is 5.73 Å². The Kier molecular flexibility index (Phi) is 4.65. The predicted molar refractivity (Wildman–Crippen MR) is 93.3 cm³/mol. The third-order valence-corrected chi connectivity index (χ3v) is 3.81. The van der Waals surface area contributed by atoms with Gasteiger partial charge in [-0.05, 0) is 42.8 Å². The lowest BCUT2D eigenvalue weighted by Gasteiger charge is -2.06. The Hall–Kier alpha value is -3.35. The van der Waals surface area contributed by atoms with Crippen molar-refractivity contribution in [2.45, 2.75) is 19.4 Å². The van der Waals surface area contributed by atoms with Crippen molar-refractivity contribution in [1.82, 2.24) is 4.57 Å². The van der Waals surface area contributed by atoms with Gasteiger partial charge >= 0.3 is 5.76 Å². The highest BCUT2D eigenvalue weighted by Crippen LogP contribution is 2.13. The summed E-state index contributed by atoms with van der Waals surface area (Å²) in [6.07, 6.45) is 0.748. The van der Waals surface area contributed by atoms with Crippen LogP contribution in [0.2, 0.25) is 0 Å². The summed E-state index contributed by atoms with van der Waals surface area (Å²) < 4.78 is 6.67. The summed E-state index contributed by atoms with van der Waals surface area (Å²) in [6.45, 7) is 0.393. The van der Waals surface area contributed by atoms with Crippen molar-refractivity contribution in [3.05, 3.63) is 64.6 Å². The fourth-order valence-corrected chi connectivity index (χ4v) is 2.56. The van der Waals surface area contributed by atoms with Gasteiger partial charge in [0.15, 0.2) is 5.58 Å². The summed E-state index contributed by atoms with van der Waals surface area (Å²) >= 11 is 0. The minimum Gasteiger partial charge on any atom is -0.408 e. The van der Waals surface area contributed by atoms with Gasteiger partial charge in [0.25, 0.3) is 0 Å². The monoisotopic (exact) mass is 339 g/mol. The number of para-hydroxylation sites is 2. The number of fused-ring (bicyclic) bond motifs is 1. The maximum absolute atomic E-state index is 12.0. The van der Waals surface area contributed by atoms with Gasteiger partial charge in [0.05, 0.1) is 5.52 Å². The topological polar surface area (TPSA) is 107 Å². The van der Waals surface area contributed by atoms with E-state index in [1.54, 1.807) is 42.5 Å². The van der Waals surface area contributed by atoms with E-state index in [9.17, 15) is 14.4 Å². The van der Waals surface area contributed by atoms with E-state index < -0.39 is 11.7 Å². The highest BCUT2D eigenvalue weighted by molar-refractivity contribution is 5.94. The van der Waals surface area contributed by atoms with Crippen LogP contribution in [0.25, 0.3) is 11.1 Å². The van der Waals surface area contributed by atoms with Gasteiger partial charge in [-0.1, -0.05) is 12.1 Å². The van der Waals surface area contributed by atoms with Gasteiger partial charge in [-0.15, -0.1) is 0 Å². The lowest BCUT2D eigenvalue weighted by molar-refractivity contribution is -0.116. The van der Waals surface area contributed by atoms with Gasteiger partial charge in [0.2, 0.25) is 11.8 Å². The van der Waals surface area contributed by atoms with Gasteiger partial charge < -0.3 is 15.5 Å². The Morgan fingerprint density at radius 1 is 1.08 bits per heavy atom. The van der Waals surface area contributed by atoms with E-state index in [4.69, 9.17) is 10.2 Å². The lowest BCUT2D eigenvalue weighted by atomic mass is 10.2. The first-order valence-corrected chi connectivity index (χ1v) is 7.83. The standard InChI is InChI=1S/C18H17N3O4/c19-17(23)12-7-9-13(10-8-12)20-16(22)6-3-11-21-14-4-1-2-5-15(14)25-18(21)24/h1-2,4-5,7-10H,3,6,11H2,(H2,19,23)(H,20,22). The number of nitrogens with zero attached hydrogens (tertiary/aromatic N) is 1. The number of aromatic nitrogens is 1. The summed E-state index contributed by atoms with van der Waals surface area (Å²) in [5.41, 5.74) is 7.38. The second-order valence-electron chi connectivity index (χ2n) is 5.58. The first-order chi connectivity index (χ1) is 12.0. The van der Waals surface area contributed by atoms with Crippen LogP contribution >= 0.6 is 0 Å². The Bertz CT molecular complexity index is 970. The number of carbonyl (C=O) groups is 2. The number of carbonyl (C=O) groups excluding carboxylic acids is 2. The fourth-order valence-electron chi connectivity index (χ4n) is 2.56. The predicted octanol–water partition coefficient (Wildman–Crippen LogP) is 2.11. The first kappa shape index (κ1) is 16.5. The summed E-state index contributed by atoms with van der Waals surface area (Å²) in [7, 11) is 0. The van der Waals surface area contributed by atoms with Gasteiger partial charge in [-0.3, -0.25) is 14.2 Å². The van der Waals surface area contributed by atoms with Crippen molar-refractivity contribution in [3.63, 3.8) is 0 Å². The van der Waals surface area contributed by atoms with Crippen LogP contribution in [0.4, 0.5) is 5.69 Å². The molecule has 0 fully saturated rings. The SMILES string of the molecule is NC(=O)c1ccc(NC(=O)CCCn2c(=O)oc3ccccc32)cc1. The van der Waals surface area contributed by atoms with Crippen LogP contribution in [0.15, 0.2) is 57.7 Å². The molecule has 3 rings (SSSR count). The number of nitrogens with two attached hydrogens (primary N) is 1. The summed E-state index contributed by atoms with van der Waals surface area (Å²) in [6, 6.07) is 13.5. The van der Waals surface area contributed by atoms with E-state index in [1.807, 2.05) is 6.07 Å². The zero-order chi connectivity index (χ0) is 17.8. The molecular formula is C18H17N3O4. The molecule has 7 heteroatoms. The molecule has 0 saturated carbocycles. The number of hydrogen-bond donors (Lipinski definition) is 2. The average molecular weight is 339 g/mol. The number of primary amides is 1. The number of anilines is 1. The molecule has 2 amide bonds. The third-order valence-electron chi connectivity index (χ3n) is 3.81. The minimum absolute atomic E-state index is 0.173. The summed E-state index contributed by atoms with van der Waals surface area (Å²) in [4.78, 5) is 34.9.